The molecule has 0 bridgehead atoms. The quantitative estimate of drug-likeness (QED) is 0.725. The number of rotatable bonds is 6. The monoisotopic (exact) mass is 406 g/mol. The van der Waals surface area contributed by atoms with E-state index in [1.54, 1.807) is 30.3 Å². The number of anilines is 1. The molecule has 0 saturated carbocycles. The third kappa shape index (κ3) is 5.61. The number of hydrogen-bond donors (Lipinski definition) is 1. The zero-order valence-corrected chi connectivity index (χ0v) is 16.0. The average molecular weight is 407 g/mol. The van der Waals surface area contributed by atoms with Gasteiger partial charge >= 0.3 is 5.97 Å². The molecule has 0 aliphatic heterocycles. The van der Waals surface area contributed by atoms with Gasteiger partial charge in [0.25, 0.3) is 5.91 Å². The highest BCUT2D eigenvalue weighted by atomic mass is 35.5. The topological polar surface area (TPSA) is 88.4 Å². The second-order valence-electron chi connectivity index (χ2n) is 5.56. The van der Waals surface area contributed by atoms with Crippen molar-refractivity contribution < 1.29 is 19.1 Å². The number of halogens is 2. The molecule has 27 heavy (non-hydrogen) atoms. The fourth-order valence-corrected chi connectivity index (χ4v) is 2.51. The molecule has 0 fully saturated rings. The molecule has 1 amide bonds. The molecule has 0 heterocycles. The van der Waals surface area contributed by atoms with E-state index in [4.69, 9.17) is 37.9 Å². The lowest BCUT2D eigenvalue weighted by Crippen LogP contribution is -2.35. The third-order valence-corrected chi connectivity index (χ3v) is 4.03. The molecule has 2 atom stereocenters. The third-order valence-electron chi connectivity index (χ3n) is 3.50. The Kier molecular flexibility index (Phi) is 7.05. The highest BCUT2D eigenvalue weighted by molar-refractivity contribution is 6.35. The van der Waals surface area contributed by atoms with Crippen LogP contribution in [0.2, 0.25) is 10.0 Å². The minimum Gasteiger partial charge on any atom is -0.477 e. The first-order valence-electron chi connectivity index (χ1n) is 7.94. The van der Waals surface area contributed by atoms with Crippen molar-refractivity contribution in [2.75, 3.05) is 5.32 Å². The number of amides is 1. The van der Waals surface area contributed by atoms with Crippen LogP contribution in [0.15, 0.2) is 42.5 Å². The molecule has 2 unspecified atom stereocenters. The van der Waals surface area contributed by atoms with Crippen molar-refractivity contribution >= 4 is 40.8 Å². The maximum absolute atomic E-state index is 12.2. The molecule has 0 aromatic heterocycles. The van der Waals surface area contributed by atoms with Crippen LogP contribution in [-0.4, -0.2) is 24.1 Å². The van der Waals surface area contributed by atoms with Gasteiger partial charge in [-0.15, -0.1) is 0 Å². The fourth-order valence-electron chi connectivity index (χ4n) is 2.06. The van der Waals surface area contributed by atoms with Gasteiger partial charge in [-0.3, -0.25) is 4.79 Å². The lowest BCUT2D eigenvalue weighted by atomic mass is 10.2. The number of benzene rings is 2. The predicted molar refractivity (Wildman–Crippen MR) is 102 cm³/mol. The number of hydrogen-bond acceptors (Lipinski definition) is 5. The summed E-state index contributed by atoms with van der Waals surface area (Å²) in [5.74, 6) is -1.04. The van der Waals surface area contributed by atoms with Gasteiger partial charge in [-0.25, -0.2) is 4.79 Å². The summed E-state index contributed by atoms with van der Waals surface area (Å²) in [7, 11) is 0. The predicted octanol–water partition coefficient (Wildman–Crippen LogP) is 4.20. The molecule has 140 valence electrons. The molecule has 2 aromatic rings. The average Bonchev–Trinajstić information content (AvgIpc) is 2.64. The van der Waals surface area contributed by atoms with E-state index in [2.05, 4.69) is 5.32 Å². The number of carbonyl (C=O) groups is 2. The van der Waals surface area contributed by atoms with Crippen molar-refractivity contribution in [3.8, 4) is 11.8 Å². The Bertz CT molecular complexity index is 896. The summed E-state index contributed by atoms with van der Waals surface area (Å²) in [6, 6.07) is 13.1. The van der Waals surface area contributed by atoms with E-state index in [9.17, 15) is 9.59 Å². The summed E-state index contributed by atoms with van der Waals surface area (Å²) in [5, 5.41) is 12.3. The first kappa shape index (κ1) is 20.6. The normalized spacial score (nSPS) is 12.4. The van der Waals surface area contributed by atoms with Crippen LogP contribution < -0.4 is 10.1 Å². The molecule has 0 saturated heterocycles. The van der Waals surface area contributed by atoms with Crippen LogP contribution in [0.4, 0.5) is 5.69 Å². The number of esters is 1. The van der Waals surface area contributed by atoms with Gasteiger partial charge in [-0.2, -0.15) is 5.26 Å². The highest BCUT2D eigenvalue weighted by Gasteiger charge is 2.24. The zero-order chi connectivity index (χ0) is 20.0. The molecule has 0 aliphatic rings. The van der Waals surface area contributed by atoms with Crippen molar-refractivity contribution in [1.82, 2.24) is 0 Å². The highest BCUT2D eigenvalue weighted by Crippen LogP contribution is 2.28. The molecule has 2 aromatic carbocycles. The van der Waals surface area contributed by atoms with Gasteiger partial charge in [-0.05, 0) is 44.2 Å². The van der Waals surface area contributed by atoms with Crippen LogP contribution in [0.3, 0.4) is 0 Å². The number of nitriles is 1. The largest absolute Gasteiger partial charge is 0.477 e. The van der Waals surface area contributed by atoms with Crippen LogP contribution >= 0.6 is 23.2 Å². The number of para-hydroxylation sites is 1. The van der Waals surface area contributed by atoms with Crippen molar-refractivity contribution in [3.05, 3.63) is 58.1 Å². The molecule has 6 nitrogen and oxygen atoms in total. The summed E-state index contributed by atoms with van der Waals surface area (Å²) in [5.41, 5.74) is 0.642. The molecule has 1 N–H and O–H groups in total. The van der Waals surface area contributed by atoms with Crippen LogP contribution in [-0.2, 0) is 14.3 Å². The molecular weight excluding hydrogens is 391 g/mol. The minimum absolute atomic E-state index is 0.251. The molecular formula is C19H16Cl2N2O4. The van der Waals surface area contributed by atoms with E-state index in [-0.39, 0.29) is 10.8 Å². The van der Waals surface area contributed by atoms with Gasteiger partial charge in [0.15, 0.2) is 12.2 Å². The fraction of sp³-hybridized carbons (Fsp3) is 0.211. The van der Waals surface area contributed by atoms with Crippen LogP contribution in [0.5, 0.6) is 5.75 Å². The second kappa shape index (κ2) is 9.26. The Morgan fingerprint density at radius 3 is 2.48 bits per heavy atom. The van der Waals surface area contributed by atoms with Gasteiger partial charge in [-0.1, -0.05) is 35.3 Å². The molecule has 0 aliphatic carbocycles. The summed E-state index contributed by atoms with van der Waals surface area (Å²) in [6.45, 7) is 2.90. The van der Waals surface area contributed by atoms with Crippen molar-refractivity contribution in [2.24, 2.45) is 0 Å². The Morgan fingerprint density at radius 2 is 1.81 bits per heavy atom. The van der Waals surface area contributed by atoms with E-state index in [1.807, 2.05) is 6.07 Å². The Balaban J connectivity index is 1.95. The maximum Gasteiger partial charge on any atom is 0.347 e. The van der Waals surface area contributed by atoms with Gasteiger partial charge in [0, 0.05) is 5.02 Å². The second-order valence-corrected chi connectivity index (χ2v) is 6.40. The van der Waals surface area contributed by atoms with E-state index in [1.165, 1.54) is 26.0 Å². The lowest BCUT2D eigenvalue weighted by molar-refractivity contribution is -0.159. The van der Waals surface area contributed by atoms with Gasteiger partial charge in [0.1, 0.15) is 11.8 Å². The van der Waals surface area contributed by atoms with E-state index in [0.29, 0.717) is 16.3 Å². The Hall–Kier alpha value is -2.75. The first-order valence-corrected chi connectivity index (χ1v) is 8.69. The van der Waals surface area contributed by atoms with Crippen LogP contribution in [0.1, 0.15) is 19.4 Å². The van der Waals surface area contributed by atoms with Gasteiger partial charge in [0.05, 0.1) is 16.3 Å². The Labute approximate surface area is 166 Å². The van der Waals surface area contributed by atoms with Gasteiger partial charge < -0.3 is 14.8 Å². The number of nitrogens with one attached hydrogen (secondary N) is 1. The zero-order valence-electron chi connectivity index (χ0n) is 14.5. The smallest absolute Gasteiger partial charge is 0.347 e. The Morgan fingerprint density at radius 1 is 1.11 bits per heavy atom. The molecule has 2 rings (SSSR count). The molecule has 0 radical (unpaired) electrons. The van der Waals surface area contributed by atoms with E-state index in [0.717, 1.165) is 0 Å². The minimum atomic E-state index is -1.09. The molecule has 0 spiro atoms. The summed E-state index contributed by atoms with van der Waals surface area (Å²) in [6.07, 6.45) is -2.08. The molecule has 8 heteroatoms. The summed E-state index contributed by atoms with van der Waals surface area (Å²) in [4.78, 5) is 24.4. The van der Waals surface area contributed by atoms with Gasteiger partial charge in [0.2, 0.25) is 0 Å². The maximum atomic E-state index is 12.2. The lowest BCUT2D eigenvalue weighted by Gasteiger charge is -2.18. The van der Waals surface area contributed by atoms with Crippen molar-refractivity contribution in [2.45, 2.75) is 26.1 Å². The van der Waals surface area contributed by atoms with E-state index < -0.39 is 24.1 Å². The standard InChI is InChI=1S/C19H16Cl2N2O4/c1-11(18(24)23-16-6-4-3-5-13(16)10-22)27-19(25)12(2)26-17-8-7-14(20)9-15(17)21/h3-9,11-12H,1-2H3,(H,23,24). The summed E-state index contributed by atoms with van der Waals surface area (Å²) < 4.78 is 10.6. The van der Waals surface area contributed by atoms with Crippen molar-refractivity contribution in [3.63, 3.8) is 0 Å². The van der Waals surface area contributed by atoms with E-state index >= 15 is 0 Å². The first-order chi connectivity index (χ1) is 12.8. The number of nitrogens with zero attached hydrogens (tertiary/aromatic N) is 1. The summed E-state index contributed by atoms with van der Waals surface area (Å²) >= 11 is 11.8. The SMILES string of the molecule is CC(OC(=O)C(C)Oc1ccc(Cl)cc1Cl)C(=O)Nc1ccccc1C#N. The number of carbonyl (C=O) groups excluding carboxylic acids is 2. The van der Waals surface area contributed by atoms with Crippen molar-refractivity contribution in [1.29, 1.82) is 5.26 Å². The van der Waals surface area contributed by atoms with Crippen LogP contribution in [0.25, 0.3) is 0 Å². The van der Waals surface area contributed by atoms with Crippen LogP contribution in [0, 0.1) is 11.3 Å². The number of ether oxygens (including phenoxy) is 2.